The van der Waals surface area contributed by atoms with Crippen LogP contribution in [0.15, 0.2) is 70.5 Å². The van der Waals surface area contributed by atoms with E-state index >= 15 is 0 Å². The summed E-state index contributed by atoms with van der Waals surface area (Å²) in [5.41, 5.74) is 0. The molecule has 0 aliphatic carbocycles. The molecule has 2 aromatic rings. The number of hydrogen-bond donors (Lipinski definition) is 1. The second kappa shape index (κ2) is 10.1. The predicted molar refractivity (Wildman–Crippen MR) is 122 cm³/mol. The first-order chi connectivity index (χ1) is 15.2. The van der Waals surface area contributed by atoms with E-state index in [1.54, 1.807) is 36.4 Å². The number of hydrogen-bond acceptors (Lipinski definition) is 5. The van der Waals surface area contributed by atoms with Crippen molar-refractivity contribution in [3.8, 4) is 0 Å². The van der Waals surface area contributed by atoms with E-state index in [-0.39, 0.29) is 35.5 Å². The average molecular weight is 480 g/mol. The van der Waals surface area contributed by atoms with Gasteiger partial charge in [0.2, 0.25) is 26.0 Å². The summed E-state index contributed by atoms with van der Waals surface area (Å²) in [7, 11) is -7.86. The quantitative estimate of drug-likeness (QED) is 0.624. The first-order valence-electron chi connectivity index (χ1n) is 10.6. The van der Waals surface area contributed by atoms with Crippen LogP contribution in [-0.4, -0.2) is 63.1 Å². The molecule has 0 spiro atoms. The lowest BCUT2D eigenvalue weighted by molar-refractivity contribution is -0.126. The molecule has 174 valence electrons. The highest BCUT2D eigenvalue weighted by Gasteiger charge is 2.43. The van der Waals surface area contributed by atoms with E-state index in [2.05, 4.69) is 5.32 Å². The standard InChI is InChI=1S/C22H29N3O5S2/c1-3-10-18(2)23-22(26)21-17-24(31(27,28)19-11-6-4-7-12-19)15-16-25(21)32(29,30)20-13-8-5-9-14-20/h4-9,11-14,18,21H,3,10,15-17H2,1-2H3,(H,23,26)/t18-,21-/m0/s1. The fourth-order valence-corrected chi connectivity index (χ4v) is 6.82. The second-order valence-electron chi connectivity index (χ2n) is 7.82. The predicted octanol–water partition coefficient (Wildman–Crippen LogP) is 2.06. The third kappa shape index (κ3) is 5.20. The lowest BCUT2D eigenvalue weighted by atomic mass is 10.1. The van der Waals surface area contributed by atoms with Gasteiger partial charge in [-0.05, 0) is 37.6 Å². The van der Waals surface area contributed by atoms with E-state index in [1.807, 2.05) is 13.8 Å². The number of benzene rings is 2. The molecule has 1 fully saturated rings. The van der Waals surface area contributed by atoms with E-state index in [1.165, 1.54) is 28.6 Å². The lowest BCUT2D eigenvalue weighted by Gasteiger charge is -2.39. The van der Waals surface area contributed by atoms with Crippen LogP contribution in [-0.2, 0) is 24.8 Å². The third-order valence-electron chi connectivity index (χ3n) is 5.44. The van der Waals surface area contributed by atoms with Gasteiger partial charge in [0, 0.05) is 25.7 Å². The van der Waals surface area contributed by atoms with E-state index in [0.717, 1.165) is 17.1 Å². The number of carbonyl (C=O) groups is 1. The van der Waals surface area contributed by atoms with Crippen LogP contribution in [0.25, 0.3) is 0 Å². The second-order valence-corrected chi connectivity index (χ2v) is 11.6. The largest absolute Gasteiger partial charge is 0.352 e. The molecular weight excluding hydrogens is 450 g/mol. The van der Waals surface area contributed by atoms with Gasteiger partial charge in [0.15, 0.2) is 0 Å². The summed E-state index contributed by atoms with van der Waals surface area (Å²) in [6, 6.07) is 14.5. The first-order valence-corrected chi connectivity index (χ1v) is 13.5. The van der Waals surface area contributed by atoms with E-state index in [9.17, 15) is 21.6 Å². The minimum atomic E-state index is -3.99. The van der Waals surface area contributed by atoms with Crippen molar-refractivity contribution in [3.63, 3.8) is 0 Å². The molecule has 1 N–H and O–H groups in total. The van der Waals surface area contributed by atoms with Crippen LogP contribution in [0.1, 0.15) is 26.7 Å². The number of rotatable bonds is 8. The van der Waals surface area contributed by atoms with Crippen molar-refractivity contribution in [3.05, 3.63) is 60.7 Å². The molecular formula is C22H29N3O5S2. The van der Waals surface area contributed by atoms with E-state index in [0.29, 0.717) is 0 Å². The van der Waals surface area contributed by atoms with Crippen LogP contribution in [0.3, 0.4) is 0 Å². The van der Waals surface area contributed by atoms with Gasteiger partial charge in [-0.2, -0.15) is 8.61 Å². The van der Waals surface area contributed by atoms with Crippen molar-refractivity contribution in [1.82, 2.24) is 13.9 Å². The van der Waals surface area contributed by atoms with Crippen LogP contribution in [0.5, 0.6) is 0 Å². The maximum absolute atomic E-state index is 13.3. The van der Waals surface area contributed by atoms with Gasteiger partial charge in [-0.15, -0.1) is 0 Å². The Morgan fingerprint density at radius 2 is 1.47 bits per heavy atom. The maximum Gasteiger partial charge on any atom is 0.243 e. The number of piperazine rings is 1. The van der Waals surface area contributed by atoms with Gasteiger partial charge in [-0.3, -0.25) is 4.79 Å². The Morgan fingerprint density at radius 1 is 0.938 bits per heavy atom. The summed E-state index contributed by atoms with van der Waals surface area (Å²) in [6.07, 6.45) is 1.59. The zero-order chi connectivity index (χ0) is 23.4. The van der Waals surface area contributed by atoms with Crippen molar-refractivity contribution >= 4 is 26.0 Å². The number of sulfonamides is 2. The van der Waals surface area contributed by atoms with E-state index in [4.69, 9.17) is 0 Å². The van der Waals surface area contributed by atoms with Crippen molar-refractivity contribution in [2.75, 3.05) is 19.6 Å². The minimum Gasteiger partial charge on any atom is -0.352 e. The monoisotopic (exact) mass is 479 g/mol. The van der Waals surface area contributed by atoms with Crippen LogP contribution < -0.4 is 5.32 Å². The molecule has 1 aliphatic heterocycles. The Morgan fingerprint density at radius 3 is 2.00 bits per heavy atom. The SMILES string of the molecule is CCC[C@H](C)NC(=O)[C@@H]1CN(S(=O)(=O)c2ccccc2)CCN1S(=O)(=O)c1ccccc1. The maximum atomic E-state index is 13.3. The van der Waals surface area contributed by atoms with Gasteiger partial charge in [0.1, 0.15) is 6.04 Å². The molecule has 1 heterocycles. The fraction of sp³-hybridized carbons (Fsp3) is 0.409. The van der Waals surface area contributed by atoms with Gasteiger partial charge >= 0.3 is 0 Å². The number of nitrogens with zero attached hydrogens (tertiary/aromatic N) is 2. The van der Waals surface area contributed by atoms with Gasteiger partial charge in [-0.25, -0.2) is 16.8 Å². The molecule has 1 amide bonds. The Hall–Kier alpha value is -2.27. The van der Waals surface area contributed by atoms with Crippen molar-refractivity contribution in [1.29, 1.82) is 0 Å². The molecule has 0 radical (unpaired) electrons. The minimum absolute atomic E-state index is 0.0441. The normalized spacial score (nSPS) is 19.4. The molecule has 1 saturated heterocycles. The van der Waals surface area contributed by atoms with Crippen LogP contribution >= 0.6 is 0 Å². The fourth-order valence-electron chi connectivity index (χ4n) is 3.77. The first kappa shape index (κ1) is 24.4. The Kier molecular flexibility index (Phi) is 7.71. The summed E-state index contributed by atoms with van der Waals surface area (Å²) < 4.78 is 55.2. The molecule has 32 heavy (non-hydrogen) atoms. The van der Waals surface area contributed by atoms with E-state index < -0.39 is 32.0 Å². The molecule has 1 aliphatic rings. The summed E-state index contributed by atoms with van der Waals surface area (Å²) in [4.78, 5) is 13.3. The molecule has 0 unspecified atom stereocenters. The Balaban J connectivity index is 1.94. The number of carbonyl (C=O) groups excluding carboxylic acids is 1. The summed E-state index contributed by atoms with van der Waals surface area (Å²) in [5, 5.41) is 2.85. The smallest absolute Gasteiger partial charge is 0.243 e. The lowest BCUT2D eigenvalue weighted by Crippen LogP contribution is -2.61. The van der Waals surface area contributed by atoms with Crippen LogP contribution in [0, 0.1) is 0 Å². The summed E-state index contributed by atoms with van der Waals surface area (Å²) in [5.74, 6) is -0.501. The van der Waals surface area contributed by atoms with Crippen molar-refractivity contribution in [2.45, 2.75) is 48.6 Å². The highest BCUT2D eigenvalue weighted by Crippen LogP contribution is 2.25. The number of nitrogens with one attached hydrogen (secondary N) is 1. The molecule has 0 saturated carbocycles. The molecule has 10 heteroatoms. The Bertz CT molecular complexity index is 1120. The third-order valence-corrected chi connectivity index (χ3v) is 9.24. The van der Waals surface area contributed by atoms with Gasteiger partial charge in [0.25, 0.3) is 0 Å². The molecule has 0 aromatic heterocycles. The summed E-state index contributed by atoms with van der Waals surface area (Å²) >= 11 is 0. The van der Waals surface area contributed by atoms with Crippen LogP contribution in [0.4, 0.5) is 0 Å². The number of amides is 1. The highest BCUT2D eigenvalue weighted by atomic mass is 32.2. The molecule has 2 atom stereocenters. The highest BCUT2D eigenvalue weighted by molar-refractivity contribution is 7.89. The van der Waals surface area contributed by atoms with Crippen molar-refractivity contribution in [2.24, 2.45) is 0 Å². The van der Waals surface area contributed by atoms with Gasteiger partial charge < -0.3 is 5.32 Å². The van der Waals surface area contributed by atoms with Crippen LogP contribution in [0.2, 0.25) is 0 Å². The Labute approximate surface area is 190 Å². The molecule has 2 aromatic carbocycles. The molecule has 3 rings (SSSR count). The average Bonchev–Trinajstić information content (AvgIpc) is 2.80. The van der Waals surface area contributed by atoms with Gasteiger partial charge in [-0.1, -0.05) is 49.7 Å². The molecule has 0 bridgehead atoms. The van der Waals surface area contributed by atoms with Crippen molar-refractivity contribution < 1.29 is 21.6 Å². The topological polar surface area (TPSA) is 104 Å². The zero-order valence-electron chi connectivity index (χ0n) is 18.2. The molecule has 8 nitrogen and oxygen atoms in total. The zero-order valence-corrected chi connectivity index (χ0v) is 19.8. The summed E-state index contributed by atoms with van der Waals surface area (Å²) in [6.45, 7) is 3.41. The van der Waals surface area contributed by atoms with Gasteiger partial charge in [0.05, 0.1) is 9.79 Å².